The molecular weight excluding hydrogens is 276 g/mol. The van der Waals surface area contributed by atoms with E-state index < -0.39 is 10.0 Å². The molecule has 0 spiro atoms. The van der Waals surface area contributed by atoms with Gasteiger partial charge in [-0.25, -0.2) is 8.42 Å². The highest BCUT2D eigenvalue weighted by atomic mass is 32.2. The van der Waals surface area contributed by atoms with E-state index in [9.17, 15) is 8.42 Å². The SMILES string of the molecule is CC1CN(S(=O)(=O)c2ccc(CC#N)cc2)CCCO1. The van der Waals surface area contributed by atoms with Gasteiger partial charge < -0.3 is 4.74 Å². The lowest BCUT2D eigenvalue weighted by Gasteiger charge is -2.21. The lowest BCUT2D eigenvalue weighted by atomic mass is 10.2. The Balaban J connectivity index is 2.22. The summed E-state index contributed by atoms with van der Waals surface area (Å²) in [5.74, 6) is 0. The topological polar surface area (TPSA) is 70.4 Å². The molecule has 0 aliphatic carbocycles. The van der Waals surface area contributed by atoms with Gasteiger partial charge in [-0.15, -0.1) is 0 Å². The molecule has 1 heterocycles. The van der Waals surface area contributed by atoms with Gasteiger partial charge in [0.25, 0.3) is 0 Å². The van der Waals surface area contributed by atoms with Crippen molar-refractivity contribution in [2.24, 2.45) is 0 Å². The Labute approximate surface area is 119 Å². The van der Waals surface area contributed by atoms with Crippen LogP contribution in [-0.4, -0.2) is 38.5 Å². The van der Waals surface area contributed by atoms with Crippen LogP contribution in [0, 0.1) is 11.3 Å². The van der Waals surface area contributed by atoms with Crippen molar-refractivity contribution in [3.63, 3.8) is 0 Å². The van der Waals surface area contributed by atoms with Crippen LogP contribution in [0.3, 0.4) is 0 Å². The molecule has 1 saturated heterocycles. The second-order valence-corrected chi connectivity index (χ2v) is 6.81. The summed E-state index contributed by atoms with van der Waals surface area (Å²) in [5.41, 5.74) is 0.819. The van der Waals surface area contributed by atoms with Gasteiger partial charge in [0.05, 0.1) is 23.5 Å². The Bertz CT molecular complexity index is 590. The molecule has 0 saturated carbocycles. The molecule has 1 unspecified atom stereocenters. The number of nitriles is 1. The maximum absolute atomic E-state index is 12.6. The standard InChI is InChI=1S/C14H18N2O3S/c1-12-11-16(9-2-10-19-12)20(17,18)14-5-3-13(4-6-14)7-8-15/h3-6,12H,2,7,9-11H2,1H3. The number of ether oxygens (including phenoxy) is 1. The van der Waals surface area contributed by atoms with Crippen molar-refractivity contribution in [1.82, 2.24) is 4.31 Å². The van der Waals surface area contributed by atoms with Gasteiger partial charge in [-0.05, 0) is 31.0 Å². The molecule has 6 heteroatoms. The maximum atomic E-state index is 12.6. The van der Waals surface area contributed by atoms with Crippen LogP contribution in [0.4, 0.5) is 0 Å². The predicted molar refractivity (Wildman–Crippen MR) is 74.5 cm³/mol. The highest BCUT2D eigenvalue weighted by Crippen LogP contribution is 2.19. The smallest absolute Gasteiger partial charge is 0.243 e. The Kier molecular flexibility index (Phi) is 4.76. The average molecular weight is 294 g/mol. The van der Waals surface area contributed by atoms with Gasteiger partial charge >= 0.3 is 0 Å². The highest BCUT2D eigenvalue weighted by molar-refractivity contribution is 7.89. The fraction of sp³-hybridized carbons (Fsp3) is 0.500. The summed E-state index contributed by atoms with van der Waals surface area (Å²) in [4.78, 5) is 0.272. The molecule has 0 N–H and O–H groups in total. The molecular formula is C14H18N2O3S. The van der Waals surface area contributed by atoms with Gasteiger partial charge in [-0.1, -0.05) is 12.1 Å². The first kappa shape index (κ1) is 15.0. The van der Waals surface area contributed by atoms with Gasteiger partial charge in [0.1, 0.15) is 0 Å². The summed E-state index contributed by atoms with van der Waals surface area (Å²) in [5, 5.41) is 8.62. The van der Waals surface area contributed by atoms with Crippen LogP contribution in [0.15, 0.2) is 29.2 Å². The molecule has 1 atom stereocenters. The Morgan fingerprint density at radius 2 is 2.10 bits per heavy atom. The fourth-order valence-corrected chi connectivity index (χ4v) is 3.75. The van der Waals surface area contributed by atoms with E-state index in [0.717, 1.165) is 5.56 Å². The van der Waals surface area contributed by atoms with Crippen molar-refractivity contribution in [3.8, 4) is 6.07 Å². The minimum Gasteiger partial charge on any atom is -0.377 e. The zero-order valence-corrected chi connectivity index (χ0v) is 12.3. The largest absolute Gasteiger partial charge is 0.377 e. The third-order valence-corrected chi connectivity index (χ3v) is 5.14. The van der Waals surface area contributed by atoms with Crippen LogP contribution in [0.2, 0.25) is 0 Å². The lowest BCUT2D eigenvalue weighted by molar-refractivity contribution is 0.0752. The van der Waals surface area contributed by atoms with Crippen molar-refractivity contribution >= 4 is 10.0 Å². The first-order valence-corrected chi connectivity index (χ1v) is 8.05. The Morgan fingerprint density at radius 1 is 1.40 bits per heavy atom. The number of sulfonamides is 1. The van der Waals surface area contributed by atoms with Gasteiger partial charge in [0.15, 0.2) is 0 Å². The highest BCUT2D eigenvalue weighted by Gasteiger charge is 2.27. The Hall–Kier alpha value is -1.42. The normalized spacial score (nSPS) is 21.1. The van der Waals surface area contributed by atoms with Crippen LogP contribution in [-0.2, 0) is 21.2 Å². The third-order valence-electron chi connectivity index (χ3n) is 3.26. The minimum absolute atomic E-state index is 0.0925. The molecule has 1 aliphatic heterocycles. The second-order valence-electron chi connectivity index (χ2n) is 4.88. The maximum Gasteiger partial charge on any atom is 0.243 e. The first-order valence-electron chi connectivity index (χ1n) is 6.61. The molecule has 0 aromatic heterocycles. The molecule has 1 aromatic rings. The molecule has 0 bridgehead atoms. The number of rotatable bonds is 3. The van der Waals surface area contributed by atoms with Gasteiger partial charge in [0.2, 0.25) is 10.0 Å². The van der Waals surface area contributed by atoms with Crippen molar-refractivity contribution in [1.29, 1.82) is 5.26 Å². The van der Waals surface area contributed by atoms with Crippen LogP contribution in [0.25, 0.3) is 0 Å². The van der Waals surface area contributed by atoms with Crippen LogP contribution < -0.4 is 0 Å². The summed E-state index contributed by atoms with van der Waals surface area (Å²) >= 11 is 0. The molecule has 1 aliphatic rings. The van der Waals surface area contributed by atoms with Crippen LogP contribution in [0.5, 0.6) is 0 Å². The first-order chi connectivity index (χ1) is 9.54. The average Bonchev–Trinajstić information content (AvgIpc) is 2.65. The molecule has 0 amide bonds. The van der Waals surface area contributed by atoms with Crippen molar-refractivity contribution in [2.75, 3.05) is 19.7 Å². The van der Waals surface area contributed by atoms with Gasteiger partial charge in [-0.2, -0.15) is 9.57 Å². The molecule has 1 aromatic carbocycles. The van der Waals surface area contributed by atoms with Crippen molar-refractivity contribution in [3.05, 3.63) is 29.8 Å². The quantitative estimate of drug-likeness (QED) is 0.848. The van der Waals surface area contributed by atoms with E-state index in [2.05, 4.69) is 0 Å². The van der Waals surface area contributed by atoms with Crippen LogP contribution >= 0.6 is 0 Å². The predicted octanol–water partition coefficient (Wildman–Crippen LogP) is 1.55. The lowest BCUT2D eigenvalue weighted by Crippen LogP contribution is -2.35. The number of benzene rings is 1. The molecule has 2 rings (SSSR count). The van der Waals surface area contributed by atoms with Crippen molar-refractivity contribution < 1.29 is 13.2 Å². The van der Waals surface area contributed by atoms with Crippen molar-refractivity contribution in [2.45, 2.75) is 30.8 Å². The summed E-state index contributed by atoms with van der Waals surface area (Å²) < 4.78 is 32.1. The monoisotopic (exact) mass is 294 g/mol. The van der Waals surface area contributed by atoms with E-state index in [0.29, 0.717) is 26.1 Å². The van der Waals surface area contributed by atoms with Crippen LogP contribution in [0.1, 0.15) is 18.9 Å². The van der Waals surface area contributed by atoms with E-state index >= 15 is 0 Å². The summed E-state index contributed by atoms with van der Waals surface area (Å²) in [7, 11) is -3.48. The van der Waals surface area contributed by atoms with E-state index in [1.54, 1.807) is 24.3 Å². The van der Waals surface area contributed by atoms with E-state index in [4.69, 9.17) is 10.00 Å². The van der Waals surface area contributed by atoms with Gasteiger partial charge in [-0.3, -0.25) is 0 Å². The molecule has 20 heavy (non-hydrogen) atoms. The van der Waals surface area contributed by atoms with Gasteiger partial charge in [0, 0.05) is 19.7 Å². The zero-order valence-electron chi connectivity index (χ0n) is 11.4. The fourth-order valence-electron chi connectivity index (χ4n) is 2.19. The second kappa shape index (κ2) is 6.35. The Morgan fingerprint density at radius 3 is 2.75 bits per heavy atom. The van der Waals surface area contributed by atoms with E-state index in [1.165, 1.54) is 4.31 Å². The van der Waals surface area contributed by atoms with E-state index in [-0.39, 0.29) is 17.4 Å². The summed E-state index contributed by atoms with van der Waals surface area (Å²) in [6.07, 6.45) is 0.899. The number of hydrogen-bond donors (Lipinski definition) is 0. The summed E-state index contributed by atoms with van der Waals surface area (Å²) in [6.45, 7) is 3.33. The molecule has 108 valence electrons. The van der Waals surface area contributed by atoms with E-state index in [1.807, 2.05) is 13.0 Å². The third kappa shape index (κ3) is 3.37. The minimum atomic E-state index is -3.48. The molecule has 0 radical (unpaired) electrons. The molecule has 5 nitrogen and oxygen atoms in total. The number of nitrogens with zero attached hydrogens (tertiary/aromatic N) is 2. The number of hydrogen-bond acceptors (Lipinski definition) is 4. The summed E-state index contributed by atoms with van der Waals surface area (Å²) in [6, 6.07) is 8.56. The zero-order chi connectivity index (χ0) is 14.6. The molecule has 1 fully saturated rings.